The molecule has 0 heterocycles. The van der Waals surface area contributed by atoms with Crippen LogP contribution in [0.2, 0.25) is 0 Å². The quantitative estimate of drug-likeness (QED) is 0.719. The fourth-order valence-electron chi connectivity index (χ4n) is 1.84. The molecular formula is C14H23N3O2. The van der Waals surface area contributed by atoms with Gasteiger partial charge in [-0.25, -0.2) is 0 Å². The monoisotopic (exact) mass is 265 g/mol. The Morgan fingerprint density at radius 2 is 2.21 bits per heavy atom. The summed E-state index contributed by atoms with van der Waals surface area (Å²) in [6.45, 7) is 2.08. The van der Waals surface area contributed by atoms with E-state index in [0.29, 0.717) is 13.2 Å². The van der Waals surface area contributed by atoms with E-state index in [9.17, 15) is 4.79 Å². The molecule has 1 aromatic rings. The van der Waals surface area contributed by atoms with Gasteiger partial charge in [0.05, 0.1) is 6.61 Å². The number of nitrogens with one attached hydrogen (secondary N) is 1. The number of nitrogens with two attached hydrogens (primary N) is 1. The van der Waals surface area contributed by atoms with Crippen LogP contribution in [0.3, 0.4) is 0 Å². The van der Waals surface area contributed by atoms with Gasteiger partial charge in [-0.05, 0) is 25.2 Å². The highest BCUT2D eigenvalue weighted by atomic mass is 16.5. The van der Waals surface area contributed by atoms with Gasteiger partial charge in [-0.1, -0.05) is 24.3 Å². The van der Waals surface area contributed by atoms with E-state index in [1.54, 1.807) is 7.11 Å². The van der Waals surface area contributed by atoms with Crippen molar-refractivity contribution in [2.75, 3.05) is 34.3 Å². The third kappa shape index (κ3) is 5.38. The molecule has 0 aliphatic carbocycles. The van der Waals surface area contributed by atoms with Crippen molar-refractivity contribution in [3.63, 3.8) is 0 Å². The largest absolute Gasteiger partial charge is 0.380 e. The van der Waals surface area contributed by atoms with Gasteiger partial charge in [0.15, 0.2) is 0 Å². The zero-order valence-corrected chi connectivity index (χ0v) is 11.8. The van der Waals surface area contributed by atoms with Crippen LogP contribution in [0.25, 0.3) is 0 Å². The first-order valence-corrected chi connectivity index (χ1v) is 6.29. The Hall–Kier alpha value is -1.43. The average Bonchev–Trinajstić information content (AvgIpc) is 2.34. The second kappa shape index (κ2) is 7.89. The number of primary amides is 1. The summed E-state index contributed by atoms with van der Waals surface area (Å²) in [7, 11) is 5.62. The lowest BCUT2D eigenvalue weighted by Gasteiger charge is -2.18. The molecule has 1 aromatic carbocycles. The number of amides is 1. The molecule has 1 amide bonds. The predicted octanol–water partition coefficient (Wildman–Crippen LogP) is 0.511. The molecule has 19 heavy (non-hydrogen) atoms. The number of ether oxygens (including phenoxy) is 1. The molecule has 0 saturated heterocycles. The molecular weight excluding hydrogens is 242 g/mol. The maximum Gasteiger partial charge on any atom is 0.239 e. The van der Waals surface area contributed by atoms with Crippen LogP contribution in [-0.2, 0) is 16.1 Å². The zero-order valence-electron chi connectivity index (χ0n) is 11.8. The van der Waals surface area contributed by atoms with Crippen LogP contribution in [0.4, 0.5) is 0 Å². The summed E-state index contributed by atoms with van der Waals surface area (Å²) in [5.41, 5.74) is 7.37. The Bertz CT molecular complexity index is 407. The lowest BCUT2D eigenvalue weighted by Crippen LogP contribution is -2.37. The van der Waals surface area contributed by atoms with E-state index < -0.39 is 6.04 Å². The summed E-state index contributed by atoms with van der Waals surface area (Å²) in [6.07, 6.45) is 0. The van der Waals surface area contributed by atoms with E-state index >= 15 is 0 Å². The SMILES string of the molecule is COCc1cccc(C(NCCN(C)C)C(N)=O)c1. The average molecular weight is 265 g/mol. The fourth-order valence-corrected chi connectivity index (χ4v) is 1.84. The molecule has 1 rings (SSSR count). The van der Waals surface area contributed by atoms with Crippen LogP contribution < -0.4 is 11.1 Å². The van der Waals surface area contributed by atoms with Crippen molar-refractivity contribution in [1.29, 1.82) is 0 Å². The number of carbonyl (C=O) groups excluding carboxylic acids is 1. The number of rotatable bonds is 8. The first kappa shape index (κ1) is 15.6. The summed E-state index contributed by atoms with van der Waals surface area (Å²) in [5, 5.41) is 3.18. The standard InChI is InChI=1S/C14H23N3O2/c1-17(2)8-7-16-13(14(15)18)12-6-4-5-11(9-12)10-19-3/h4-6,9,13,16H,7-8,10H2,1-3H3,(H2,15,18). The number of nitrogens with zero attached hydrogens (tertiary/aromatic N) is 1. The second-order valence-corrected chi connectivity index (χ2v) is 4.77. The fraction of sp³-hybridized carbons (Fsp3) is 0.500. The van der Waals surface area contributed by atoms with Gasteiger partial charge in [0, 0.05) is 20.2 Å². The molecule has 1 unspecified atom stereocenters. The van der Waals surface area contributed by atoms with E-state index in [0.717, 1.165) is 17.7 Å². The minimum Gasteiger partial charge on any atom is -0.380 e. The highest BCUT2D eigenvalue weighted by Crippen LogP contribution is 2.15. The van der Waals surface area contributed by atoms with E-state index in [-0.39, 0.29) is 5.91 Å². The molecule has 0 spiro atoms. The minimum absolute atomic E-state index is 0.367. The normalized spacial score (nSPS) is 12.6. The van der Waals surface area contributed by atoms with Gasteiger partial charge in [0.25, 0.3) is 0 Å². The molecule has 0 fully saturated rings. The van der Waals surface area contributed by atoms with Gasteiger partial charge in [-0.3, -0.25) is 4.79 Å². The summed E-state index contributed by atoms with van der Waals surface area (Å²) >= 11 is 0. The molecule has 0 aromatic heterocycles. The molecule has 0 bridgehead atoms. The van der Waals surface area contributed by atoms with Crippen LogP contribution >= 0.6 is 0 Å². The topological polar surface area (TPSA) is 67.6 Å². The van der Waals surface area contributed by atoms with Crippen LogP contribution in [0.5, 0.6) is 0 Å². The van der Waals surface area contributed by atoms with E-state index in [1.165, 1.54) is 0 Å². The van der Waals surface area contributed by atoms with Crippen LogP contribution in [0.15, 0.2) is 24.3 Å². The van der Waals surface area contributed by atoms with Gasteiger partial charge in [0.1, 0.15) is 6.04 Å². The van der Waals surface area contributed by atoms with Gasteiger partial charge >= 0.3 is 0 Å². The number of benzene rings is 1. The highest BCUT2D eigenvalue weighted by molar-refractivity contribution is 5.81. The van der Waals surface area contributed by atoms with Crippen LogP contribution in [0.1, 0.15) is 17.2 Å². The lowest BCUT2D eigenvalue weighted by molar-refractivity contribution is -0.120. The number of methoxy groups -OCH3 is 1. The summed E-state index contributed by atoms with van der Waals surface area (Å²) < 4.78 is 5.09. The third-order valence-corrected chi connectivity index (χ3v) is 2.79. The Balaban J connectivity index is 2.75. The lowest BCUT2D eigenvalue weighted by atomic mass is 10.0. The van der Waals surface area contributed by atoms with Crippen molar-refractivity contribution in [3.8, 4) is 0 Å². The van der Waals surface area contributed by atoms with Crippen molar-refractivity contribution < 1.29 is 9.53 Å². The molecule has 0 saturated carbocycles. The first-order valence-electron chi connectivity index (χ1n) is 6.29. The Morgan fingerprint density at radius 3 is 2.79 bits per heavy atom. The smallest absolute Gasteiger partial charge is 0.239 e. The van der Waals surface area contributed by atoms with Gasteiger partial charge in [0.2, 0.25) is 5.91 Å². The number of likely N-dealkylation sites (N-methyl/N-ethyl adjacent to an activating group) is 1. The van der Waals surface area contributed by atoms with Gasteiger partial charge in [-0.2, -0.15) is 0 Å². The number of carbonyl (C=O) groups is 1. The number of hydrogen-bond acceptors (Lipinski definition) is 4. The van der Waals surface area contributed by atoms with E-state index in [1.807, 2.05) is 43.3 Å². The van der Waals surface area contributed by atoms with Crippen LogP contribution in [-0.4, -0.2) is 45.1 Å². The van der Waals surface area contributed by atoms with Crippen molar-refractivity contribution >= 4 is 5.91 Å². The molecule has 0 radical (unpaired) electrons. The molecule has 106 valence electrons. The molecule has 5 heteroatoms. The summed E-state index contributed by atoms with van der Waals surface area (Å²) in [5.74, 6) is -0.367. The third-order valence-electron chi connectivity index (χ3n) is 2.79. The molecule has 0 aliphatic rings. The van der Waals surface area contributed by atoms with Crippen LogP contribution in [0, 0.1) is 0 Å². The Kier molecular flexibility index (Phi) is 6.49. The first-order chi connectivity index (χ1) is 9.04. The van der Waals surface area contributed by atoms with E-state index in [4.69, 9.17) is 10.5 Å². The highest BCUT2D eigenvalue weighted by Gasteiger charge is 2.17. The molecule has 1 atom stereocenters. The second-order valence-electron chi connectivity index (χ2n) is 4.77. The molecule has 3 N–H and O–H groups in total. The molecule has 5 nitrogen and oxygen atoms in total. The molecule has 0 aliphatic heterocycles. The number of hydrogen-bond donors (Lipinski definition) is 2. The Labute approximate surface area is 114 Å². The maximum atomic E-state index is 11.6. The minimum atomic E-state index is -0.461. The van der Waals surface area contributed by atoms with E-state index in [2.05, 4.69) is 5.32 Å². The zero-order chi connectivity index (χ0) is 14.3. The Morgan fingerprint density at radius 1 is 1.47 bits per heavy atom. The summed E-state index contributed by atoms with van der Waals surface area (Å²) in [6, 6.07) is 7.26. The van der Waals surface area contributed by atoms with Crippen molar-refractivity contribution in [2.45, 2.75) is 12.6 Å². The predicted molar refractivity (Wildman–Crippen MR) is 75.6 cm³/mol. The van der Waals surface area contributed by atoms with Crippen molar-refractivity contribution in [2.24, 2.45) is 5.73 Å². The van der Waals surface area contributed by atoms with Gasteiger partial charge in [-0.15, -0.1) is 0 Å². The van der Waals surface area contributed by atoms with Crippen molar-refractivity contribution in [1.82, 2.24) is 10.2 Å². The summed E-state index contributed by atoms with van der Waals surface area (Å²) in [4.78, 5) is 13.6. The van der Waals surface area contributed by atoms with Gasteiger partial charge < -0.3 is 20.7 Å². The maximum absolute atomic E-state index is 11.6. The van der Waals surface area contributed by atoms with Crippen molar-refractivity contribution in [3.05, 3.63) is 35.4 Å².